The van der Waals surface area contributed by atoms with Crippen molar-refractivity contribution in [1.82, 2.24) is 19.7 Å². The highest BCUT2D eigenvalue weighted by Crippen LogP contribution is 2.24. The zero-order valence-electron chi connectivity index (χ0n) is 18.2. The Balaban J connectivity index is 1.39. The van der Waals surface area contributed by atoms with E-state index in [1.165, 1.54) is 47.1 Å². The minimum atomic E-state index is -0.911. The van der Waals surface area contributed by atoms with Gasteiger partial charge in [-0.3, -0.25) is 9.78 Å². The van der Waals surface area contributed by atoms with E-state index in [1.807, 2.05) is 0 Å². The Kier molecular flexibility index (Phi) is 6.09. The Morgan fingerprint density at radius 1 is 0.944 bits per heavy atom. The molecule has 0 aliphatic heterocycles. The lowest BCUT2D eigenvalue weighted by molar-refractivity contribution is 0.103. The van der Waals surface area contributed by atoms with Gasteiger partial charge in [0.15, 0.2) is 17.4 Å². The van der Waals surface area contributed by atoms with Crippen LogP contribution in [-0.4, -0.2) is 31.6 Å². The van der Waals surface area contributed by atoms with Gasteiger partial charge in [-0.15, -0.1) is 0 Å². The summed E-state index contributed by atoms with van der Waals surface area (Å²) in [6, 6.07) is 13.3. The third kappa shape index (κ3) is 4.62. The highest BCUT2D eigenvalue weighted by atomic mass is 35.5. The number of anilines is 2. The van der Waals surface area contributed by atoms with Gasteiger partial charge in [0.2, 0.25) is 0 Å². The van der Waals surface area contributed by atoms with Gasteiger partial charge in [0.25, 0.3) is 0 Å². The van der Waals surface area contributed by atoms with Crippen molar-refractivity contribution in [1.29, 1.82) is 0 Å². The SMILES string of the molecule is O=C(Nc1ccc(F)c(Cl)c1)Nc1cccc(C(=O)c2ccc3ncc(-n4cccn4)nc3c2)c1F. The molecule has 0 unspecified atom stereocenters. The molecule has 0 radical (unpaired) electrons. The van der Waals surface area contributed by atoms with Crippen LogP contribution in [-0.2, 0) is 0 Å². The van der Waals surface area contributed by atoms with Crippen LogP contribution in [0.15, 0.2) is 79.3 Å². The van der Waals surface area contributed by atoms with E-state index in [-0.39, 0.29) is 27.5 Å². The zero-order valence-corrected chi connectivity index (χ0v) is 19.0. The number of hydrogen-bond donors (Lipinski definition) is 2. The molecule has 2 amide bonds. The van der Waals surface area contributed by atoms with E-state index in [0.717, 1.165) is 6.07 Å². The normalized spacial score (nSPS) is 10.9. The molecule has 178 valence electrons. The number of amides is 2. The van der Waals surface area contributed by atoms with Crippen molar-refractivity contribution in [3.63, 3.8) is 0 Å². The van der Waals surface area contributed by atoms with Gasteiger partial charge < -0.3 is 10.6 Å². The average Bonchev–Trinajstić information content (AvgIpc) is 3.42. The Morgan fingerprint density at radius 2 is 1.81 bits per heavy atom. The van der Waals surface area contributed by atoms with Crippen molar-refractivity contribution in [2.24, 2.45) is 0 Å². The Labute approximate surface area is 207 Å². The van der Waals surface area contributed by atoms with E-state index >= 15 is 4.39 Å². The molecule has 3 aromatic carbocycles. The molecule has 8 nitrogen and oxygen atoms in total. The molecule has 0 fully saturated rings. The van der Waals surface area contributed by atoms with Crippen molar-refractivity contribution in [3.05, 3.63) is 107 Å². The fourth-order valence-corrected chi connectivity index (χ4v) is 3.66. The first-order valence-corrected chi connectivity index (χ1v) is 10.9. The summed E-state index contributed by atoms with van der Waals surface area (Å²) in [5, 5.41) is 8.71. The molecule has 2 N–H and O–H groups in total. The number of benzene rings is 3. The first kappa shape index (κ1) is 23.1. The van der Waals surface area contributed by atoms with Crippen LogP contribution in [0.2, 0.25) is 5.02 Å². The number of rotatable bonds is 5. The largest absolute Gasteiger partial charge is 0.323 e. The van der Waals surface area contributed by atoms with Gasteiger partial charge >= 0.3 is 6.03 Å². The maximum Gasteiger partial charge on any atom is 0.323 e. The first-order chi connectivity index (χ1) is 17.4. The molecule has 36 heavy (non-hydrogen) atoms. The quantitative estimate of drug-likeness (QED) is 0.302. The van der Waals surface area contributed by atoms with Gasteiger partial charge in [-0.05, 0) is 54.6 Å². The van der Waals surface area contributed by atoms with E-state index in [9.17, 15) is 14.0 Å². The van der Waals surface area contributed by atoms with E-state index in [4.69, 9.17) is 11.6 Å². The molecule has 2 heterocycles. The number of nitrogens with one attached hydrogen (secondary N) is 2. The molecule has 0 saturated carbocycles. The standard InChI is InChI=1S/C25H15ClF2N6O2/c26-17-12-15(6-7-18(17)27)31-25(36)33-20-4-1-3-16(23(20)28)24(35)14-5-8-19-21(11-14)32-22(13-29-19)34-10-2-9-30-34/h1-13H,(H2,31,33,36). The summed E-state index contributed by atoms with van der Waals surface area (Å²) in [5.41, 5.74) is 0.923. The summed E-state index contributed by atoms with van der Waals surface area (Å²) in [6.45, 7) is 0. The predicted molar refractivity (Wildman–Crippen MR) is 131 cm³/mol. The van der Waals surface area contributed by atoms with Gasteiger partial charge in [-0.2, -0.15) is 5.10 Å². The zero-order chi connectivity index (χ0) is 25.2. The molecule has 11 heteroatoms. The summed E-state index contributed by atoms with van der Waals surface area (Å²) in [6.07, 6.45) is 4.86. The van der Waals surface area contributed by atoms with Crippen LogP contribution in [0.25, 0.3) is 16.9 Å². The smallest absolute Gasteiger partial charge is 0.308 e. The first-order valence-electron chi connectivity index (χ1n) is 10.5. The predicted octanol–water partition coefficient (Wildman–Crippen LogP) is 5.62. The Bertz CT molecular complexity index is 1630. The molecule has 5 rings (SSSR count). The van der Waals surface area contributed by atoms with Gasteiger partial charge in [-0.25, -0.2) is 23.2 Å². The topological polar surface area (TPSA) is 102 Å². The van der Waals surface area contributed by atoms with E-state index in [1.54, 1.807) is 30.7 Å². The minimum Gasteiger partial charge on any atom is -0.308 e. The third-order valence-electron chi connectivity index (χ3n) is 5.20. The number of fused-ring (bicyclic) bond motifs is 1. The molecule has 5 aromatic rings. The fraction of sp³-hybridized carbons (Fsp3) is 0. The van der Waals surface area contributed by atoms with Gasteiger partial charge in [0.05, 0.1) is 33.5 Å². The molecule has 0 saturated heterocycles. The highest BCUT2D eigenvalue weighted by molar-refractivity contribution is 6.31. The average molecular weight is 505 g/mol. The summed E-state index contributed by atoms with van der Waals surface area (Å²) in [5.74, 6) is -1.69. The fourth-order valence-electron chi connectivity index (χ4n) is 3.48. The summed E-state index contributed by atoms with van der Waals surface area (Å²) < 4.78 is 30.1. The second kappa shape index (κ2) is 9.51. The second-order valence-electron chi connectivity index (χ2n) is 7.59. The van der Waals surface area contributed by atoms with E-state index in [2.05, 4.69) is 25.7 Å². The van der Waals surface area contributed by atoms with Crippen LogP contribution in [0.3, 0.4) is 0 Å². The van der Waals surface area contributed by atoms with Gasteiger partial charge in [0, 0.05) is 23.6 Å². The third-order valence-corrected chi connectivity index (χ3v) is 5.49. The Hall–Kier alpha value is -4.70. The maximum atomic E-state index is 15.2. The van der Waals surface area contributed by atoms with Crippen LogP contribution in [0, 0.1) is 11.6 Å². The van der Waals surface area contributed by atoms with Gasteiger partial charge in [-0.1, -0.05) is 17.7 Å². The van der Waals surface area contributed by atoms with Crippen molar-refractivity contribution >= 4 is 45.8 Å². The lowest BCUT2D eigenvalue weighted by atomic mass is 10.0. The number of nitrogens with zero attached hydrogens (tertiary/aromatic N) is 4. The molecule has 0 aliphatic carbocycles. The summed E-state index contributed by atoms with van der Waals surface area (Å²) in [4.78, 5) is 34.3. The number of aromatic nitrogens is 4. The number of urea groups is 1. The maximum absolute atomic E-state index is 15.2. The minimum absolute atomic E-state index is 0.177. The molecule has 0 atom stereocenters. The molecular formula is C25H15ClF2N6O2. The van der Waals surface area contributed by atoms with Crippen molar-refractivity contribution in [2.45, 2.75) is 0 Å². The highest BCUT2D eigenvalue weighted by Gasteiger charge is 2.19. The molecule has 0 aliphatic rings. The molecule has 0 spiro atoms. The number of hydrogen-bond acceptors (Lipinski definition) is 5. The Morgan fingerprint density at radius 3 is 2.58 bits per heavy atom. The number of carbonyl (C=O) groups excluding carboxylic acids is 2. The molecule has 0 bridgehead atoms. The van der Waals surface area contributed by atoms with Crippen LogP contribution < -0.4 is 10.6 Å². The summed E-state index contributed by atoms with van der Waals surface area (Å²) >= 11 is 5.71. The van der Waals surface area contributed by atoms with E-state index < -0.39 is 23.4 Å². The van der Waals surface area contributed by atoms with Crippen LogP contribution in [0.4, 0.5) is 25.0 Å². The van der Waals surface area contributed by atoms with Crippen LogP contribution in [0.5, 0.6) is 0 Å². The lowest BCUT2D eigenvalue weighted by Gasteiger charge is -2.11. The number of carbonyl (C=O) groups is 2. The lowest BCUT2D eigenvalue weighted by Crippen LogP contribution is -2.21. The molecular weight excluding hydrogens is 490 g/mol. The van der Waals surface area contributed by atoms with Gasteiger partial charge in [0.1, 0.15) is 5.82 Å². The van der Waals surface area contributed by atoms with Crippen molar-refractivity contribution < 1.29 is 18.4 Å². The van der Waals surface area contributed by atoms with Crippen molar-refractivity contribution in [3.8, 4) is 5.82 Å². The number of ketones is 1. The van der Waals surface area contributed by atoms with Crippen molar-refractivity contribution in [2.75, 3.05) is 10.6 Å². The molecule has 2 aromatic heterocycles. The van der Waals surface area contributed by atoms with Crippen LogP contribution >= 0.6 is 11.6 Å². The van der Waals surface area contributed by atoms with Crippen LogP contribution in [0.1, 0.15) is 15.9 Å². The summed E-state index contributed by atoms with van der Waals surface area (Å²) in [7, 11) is 0. The number of halogens is 3. The van der Waals surface area contributed by atoms with E-state index in [0.29, 0.717) is 16.9 Å². The monoisotopic (exact) mass is 504 g/mol. The second-order valence-corrected chi connectivity index (χ2v) is 7.99.